The quantitative estimate of drug-likeness (QED) is 0.500. The van der Waals surface area contributed by atoms with Crippen LogP contribution in [-0.4, -0.2) is 46.5 Å². The fourth-order valence-electron chi connectivity index (χ4n) is 2.81. The van der Waals surface area contributed by atoms with Gasteiger partial charge >= 0.3 is 0 Å². The normalized spacial score (nSPS) is 10.7. The van der Waals surface area contributed by atoms with E-state index in [0.29, 0.717) is 16.8 Å². The molecule has 0 bridgehead atoms. The molecule has 8 heteroatoms. The van der Waals surface area contributed by atoms with Crippen LogP contribution in [0.15, 0.2) is 30.6 Å². The van der Waals surface area contributed by atoms with Gasteiger partial charge in [0.05, 0.1) is 13.3 Å². The van der Waals surface area contributed by atoms with Crippen molar-refractivity contribution in [3.8, 4) is 28.1 Å². The van der Waals surface area contributed by atoms with Gasteiger partial charge in [-0.25, -0.2) is 0 Å². The van der Waals surface area contributed by atoms with E-state index in [2.05, 4.69) is 59.2 Å². The monoisotopic (exact) mass is 434 g/mol. The molecule has 0 atom stereocenters. The lowest BCUT2D eigenvalue weighted by Gasteiger charge is -2.16. The van der Waals surface area contributed by atoms with Crippen LogP contribution < -0.4 is 9.47 Å². The summed E-state index contributed by atoms with van der Waals surface area (Å²) in [6.45, 7) is 8.47. The number of likely N-dealkylation sites (N-methyl/N-ethyl adjacent to an activating group) is 1. The molecule has 0 N–H and O–H groups in total. The number of benzene rings is 1. The lowest BCUT2D eigenvalue weighted by molar-refractivity contribution is 0.357. The van der Waals surface area contributed by atoms with Crippen molar-refractivity contribution in [1.29, 1.82) is 0 Å². The van der Waals surface area contributed by atoms with Crippen LogP contribution in [0.4, 0.5) is 0 Å². The highest BCUT2D eigenvalue weighted by molar-refractivity contribution is 7.07. The number of aryl methyl sites for hydroxylation is 2. The second-order valence-corrected chi connectivity index (χ2v) is 7.50. The van der Waals surface area contributed by atoms with E-state index < -0.39 is 0 Å². The summed E-state index contributed by atoms with van der Waals surface area (Å²) in [5.41, 5.74) is 4.48. The standard InChI is InChI=1S/C21H26N4O2S.ClH/c1-6-25(4)8-7-16-9-15(3)19(10-14(16)2)27-21-23-20(24-28-21)17-11-18(26-5)13-22-12-17;/h9-13H,6-8H2,1-5H3;1H. The van der Waals surface area contributed by atoms with Crippen LogP contribution >= 0.6 is 23.9 Å². The third-order valence-corrected chi connectivity index (χ3v) is 5.34. The lowest BCUT2D eigenvalue weighted by atomic mass is 10.0. The fourth-order valence-corrected chi connectivity index (χ4v) is 3.38. The first-order chi connectivity index (χ1) is 13.5. The van der Waals surface area contributed by atoms with E-state index in [0.717, 1.165) is 36.4 Å². The van der Waals surface area contributed by atoms with Gasteiger partial charge in [0, 0.05) is 29.8 Å². The van der Waals surface area contributed by atoms with E-state index in [-0.39, 0.29) is 12.4 Å². The van der Waals surface area contributed by atoms with Crippen molar-refractivity contribution in [3.63, 3.8) is 0 Å². The molecule has 29 heavy (non-hydrogen) atoms. The highest BCUT2D eigenvalue weighted by atomic mass is 35.5. The Morgan fingerprint density at radius 3 is 2.62 bits per heavy atom. The van der Waals surface area contributed by atoms with Gasteiger partial charge in [0.15, 0.2) is 5.82 Å². The van der Waals surface area contributed by atoms with Crippen LogP contribution in [0.2, 0.25) is 0 Å². The summed E-state index contributed by atoms with van der Waals surface area (Å²) in [6, 6.07) is 6.16. The van der Waals surface area contributed by atoms with E-state index in [9.17, 15) is 0 Å². The van der Waals surface area contributed by atoms with Crippen molar-refractivity contribution in [1.82, 2.24) is 19.2 Å². The van der Waals surface area contributed by atoms with Crippen LogP contribution in [0.1, 0.15) is 23.6 Å². The molecule has 0 aliphatic carbocycles. The molecule has 3 aromatic rings. The number of pyridine rings is 1. The fraction of sp³-hybridized carbons (Fsp3) is 0.381. The molecule has 0 fully saturated rings. The molecule has 3 rings (SSSR count). The zero-order valence-electron chi connectivity index (χ0n) is 17.4. The smallest absolute Gasteiger partial charge is 0.299 e. The molecule has 0 spiro atoms. The Hall–Kier alpha value is -2.22. The van der Waals surface area contributed by atoms with Gasteiger partial charge in [-0.15, -0.1) is 12.4 Å². The SMILES string of the molecule is CCN(C)CCc1cc(C)c(Oc2nc(-c3cncc(OC)c3)ns2)cc1C.Cl. The Bertz CT molecular complexity index is 948. The number of rotatable bonds is 8. The van der Waals surface area contributed by atoms with Crippen molar-refractivity contribution in [2.24, 2.45) is 0 Å². The molecule has 0 saturated heterocycles. The summed E-state index contributed by atoms with van der Waals surface area (Å²) < 4.78 is 15.6. The molecule has 156 valence electrons. The first-order valence-corrected chi connectivity index (χ1v) is 10.1. The first-order valence-electron chi connectivity index (χ1n) is 9.29. The molecule has 2 heterocycles. The number of nitrogens with zero attached hydrogens (tertiary/aromatic N) is 4. The maximum Gasteiger partial charge on any atom is 0.299 e. The number of hydrogen-bond donors (Lipinski definition) is 0. The molecule has 6 nitrogen and oxygen atoms in total. The largest absolute Gasteiger partial charge is 0.495 e. The van der Waals surface area contributed by atoms with E-state index in [4.69, 9.17) is 9.47 Å². The van der Waals surface area contributed by atoms with Gasteiger partial charge in [0.2, 0.25) is 0 Å². The third kappa shape index (κ3) is 5.88. The summed E-state index contributed by atoms with van der Waals surface area (Å²) in [6.07, 6.45) is 4.40. The summed E-state index contributed by atoms with van der Waals surface area (Å²) >= 11 is 1.23. The Balaban J connectivity index is 0.00000300. The van der Waals surface area contributed by atoms with Crippen LogP contribution in [-0.2, 0) is 6.42 Å². The zero-order valence-corrected chi connectivity index (χ0v) is 19.1. The van der Waals surface area contributed by atoms with Gasteiger partial charge in [-0.05, 0) is 62.7 Å². The van der Waals surface area contributed by atoms with Crippen LogP contribution in [0.25, 0.3) is 11.4 Å². The van der Waals surface area contributed by atoms with Crippen molar-refractivity contribution in [2.45, 2.75) is 27.2 Å². The Kier molecular flexibility index (Phi) is 8.37. The maximum absolute atomic E-state index is 6.03. The number of hydrogen-bond acceptors (Lipinski definition) is 7. The van der Waals surface area contributed by atoms with Gasteiger partial charge in [0.25, 0.3) is 5.19 Å². The van der Waals surface area contributed by atoms with Crippen molar-refractivity contribution < 1.29 is 9.47 Å². The van der Waals surface area contributed by atoms with E-state index >= 15 is 0 Å². The number of ether oxygens (including phenoxy) is 2. The Labute approximate surface area is 182 Å². The molecule has 0 unspecified atom stereocenters. The molecule has 0 aliphatic rings. The van der Waals surface area contributed by atoms with Crippen molar-refractivity contribution >= 4 is 23.9 Å². The molecule has 0 saturated carbocycles. The minimum atomic E-state index is 0. The Morgan fingerprint density at radius 2 is 1.90 bits per heavy atom. The van der Waals surface area contributed by atoms with Crippen molar-refractivity contribution in [2.75, 3.05) is 27.2 Å². The van der Waals surface area contributed by atoms with Gasteiger partial charge in [-0.2, -0.15) is 9.36 Å². The molecular weight excluding hydrogens is 408 g/mol. The summed E-state index contributed by atoms with van der Waals surface area (Å²) in [5, 5.41) is 0.513. The van der Waals surface area contributed by atoms with Crippen molar-refractivity contribution in [3.05, 3.63) is 47.3 Å². The molecule has 0 radical (unpaired) electrons. The molecule has 0 aliphatic heterocycles. The number of methoxy groups -OCH3 is 1. The lowest BCUT2D eigenvalue weighted by Crippen LogP contribution is -2.20. The maximum atomic E-state index is 6.03. The summed E-state index contributed by atoms with van der Waals surface area (Å²) in [5.74, 6) is 2.07. The number of halogens is 1. The first kappa shape index (κ1) is 23.1. The molecule has 2 aromatic heterocycles. The minimum absolute atomic E-state index is 0. The van der Waals surface area contributed by atoms with E-state index in [1.165, 1.54) is 22.7 Å². The van der Waals surface area contributed by atoms with Gasteiger partial charge in [0.1, 0.15) is 11.5 Å². The van der Waals surface area contributed by atoms with E-state index in [1.54, 1.807) is 19.5 Å². The second-order valence-electron chi connectivity index (χ2n) is 6.79. The van der Waals surface area contributed by atoms with E-state index in [1.807, 2.05) is 6.07 Å². The van der Waals surface area contributed by atoms with Crippen LogP contribution in [0.5, 0.6) is 16.7 Å². The number of aromatic nitrogens is 3. The third-order valence-electron chi connectivity index (χ3n) is 4.75. The molecule has 0 amide bonds. The highest BCUT2D eigenvalue weighted by Crippen LogP contribution is 2.31. The predicted molar refractivity (Wildman–Crippen MR) is 120 cm³/mol. The zero-order chi connectivity index (χ0) is 20.1. The van der Waals surface area contributed by atoms with Gasteiger partial charge in [-0.3, -0.25) is 4.98 Å². The predicted octanol–water partition coefficient (Wildman–Crippen LogP) is 4.93. The minimum Gasteiger partial charge on any atom is -0.495 e. The molecular formula is C21H27ClN4O2S. The summed E-state index contributed by atoms with van der Waals surface area (Å²) in [4.78, 5) is 11.0. The van der Waals surface area contributed by atoms with Crippen LogP contribution in [0, 0.1) is 13.8 Å². The van der Waals surface area contributed by atoms with Crippen LogP contribution in [0.3, 0.4) is 0 Å². The average molecular weight is 435 g/mol. The molecule has 1 aromatic carbocycles. The average Bonchev–Trinajstić information content (AvgIpc) is 3.17. The van der Waals surface area contributed by atoms with Gasteiger partial charge < -0.3 is 14.4 Å². The Morgan fingerprint density at radius 1 is 1.10 bits per heavy atom. The topological polar surface area (TPSA) is 60.4 Å². The van der Waals surface area contributed by atoms with Gasteiger partial charge in [-0.1, -0.05) is 13.0 Å². The second kappa shape index (κ2) is 10.5. The highest BCUT2D eigenvalue weighted by Gasteiger charge is 2.12. The summed E-state index contributed by atoms with van der Waals surface area (Å²) in [7, 11) is 3.75.